The Morgan fingerprint density at radius 1 is 1.10 bits per heavy atom. The van der Waals surface area contributed by atoms with Gasteiger partial charge in [-0.3, -0.25) is 10.1 Å². The van der Waals surface area contributed by atoms with Gasteiger partial charge in [0.15, 0.2) is 5.82 Å². The molecule has 0 saturated heterocycles. The second-order valence-electron chi connectivity index (χ2n) is 7.00. The number of fused-ring (bicyclic) bond motifs is 1. The number of pyridine rings is 1. The van der Waals surface area contributed by atoms with Crippen molar-refractivity contribution in [3.05, 3.63) is 76.0 Å². The number of hydrogen-bond acceptors (Lipinski definition) is 7. The molecule has 10 nitrogen and oxygen atoms in total. The summed E-state index contributed by atoms with van der Waals surface area (Å²) >= 11 is 0. The molecule has 2 aromatic heterocycles. The lowest BCUT2D eigenvalue weighted by Gasteiger charge is -2.12. The van der Waals surface area contributed by atoms with Gasteiger partial charge in [0.2, 0.25) is 10.0 Å². The van der Waals surface area contributed by atoms with Crippen LogP contribution < -0.4 is 10.5 Å². The van der Waals surface area contributed by atoms with Crippen molar-refractivity contribution < 1.29 is 13.3 Å². The van der Waals surface area contributed by atoms with Crippen molar-refractivity contribution in [1.29, 1.82) is 0 Å². The molecule has 158 valence electrons. The van der Waals surface area contributed by atoms with Gasteiger partial charge in [-0.1, -0.05) is 18.2 Å². The number of nitrogens with two attached hydrogens (primary N) is 1. The zero-order chi connectivity index (χ0) is 22.3. The van der Waals surface area contributed by atoms with E-state index in [2.05, 4.69) is 15.4 Å². The maximum absolute atomic E-state index is 11.6. The largest absolute Gasteiger partial charge is 0.334 e. The van der Waals surface area contributed by atoms with Crippen LogP contribution in [0.2, 0.25) is 0 Å². The summed E-state index contributed by atoms with van der Waals surface area (Å²) < 4.78 is 24.7. The molecule has 3 N–H and O–H groups in total. The van der Waals surface area contributed by atoms with E-state index < -0.39 is 20.6 Å². The molecule has 4 rings (SSSR count). The number of aryl methyl sites for hydroxylation is 2. The predicted molar refractivity (Wildman–Crippen MR) is 116 cm³/mol. The Kier molecular flexibility index (Phi) is 4.91. The predicted octanol–water partition coefficient (Wildman–Crippen LogP) is 3.34. The molecular formula is C20H18N6O4S. The number of para-hydroxylation sites is 1. The van der Waals surface area contributed by atoms with Crippen LogP contribution in [0.1, 0.15) is 11.3 Å². The average Bonchev–Trinajstić information content (AvgIpc) is 3.07. The van der Waals surface area contributed by atoms with Gasteiger partial charge in [-0.05, 0) is 43.7 Å². The standard InChI is InChI=1S/C20H18N6O4S/c1-12-9-19(22-16-6-4-3-5-15(12)16)25-20(10-13(2)24-25)23-17-8-7-14(31(21,29)30)11-18(17)26(27)28/h3-11,23H,1-2H3,(H2,21,29,30). The molecule has 0 aliphatic rings. The number of sulfonamides is 1. The maximum atomic E-state index is 11.6. The van der Waals surface area contributed by atoms with Gasteiger partial charge in [0.1, 0.15) is 11.5 Å². The Bertz CT molecular complexity index is 1450. The van der Waals surface area contributed by atoms with Crippen molar-refractivity contribution in [1.82, 2.24) is 14.8 Å². The first kappa shape index (κ1) is 20.4. The maximum Gasteiger partial charge on any atom is 0.294 e. The Morgan fingerprint density at radius 3 is 2.55 bits per heavy atom. The van der Waals surface area contributed by atoms with E-state index in [4.69, 9.17) is 5.14 Å². The van der Waals surface area contributed by atoms with Gasteiger partial charge in [0.25, 0.3) is 5.69 Å². The third-order valence-corrected chi connectivity index (χ3v) is 5.63. The highest BCUT2D eigenvalue weighted by atomic mass is 32.2. The van der Waals surface area contributed by atoms with E-state index >= 15 is 0 Å². The minimum atomic E-state index is -4.08. The van der Waals surface area contributed by atoms with Crippen LogP contribution in [0.4, 0.5) is 17.2 Å². The second-order valence-corrected chi connectivity index (χ2v) is 8.56. The minimum Gasteiger partial charge on any atom is -0.334 e. The van der Waals surface area contributed by atoms with E-state index in [1.54, 1.807) is 17.7 Å². The second kappa shape index (κ2) is 7.45. The molecule has 0 aliphatic carbocycles. The van der Waals surface area contributed by atoms with Crippen molar-refractivity contribution >= 4 is 38.1 Å². The molecule has 0 radical (unpaired) electrons. The smallest absolute Gasteiger partial charge is 0.294 e. The molecule has 2 heterocycles. The van der Waals surface area contributed by atoms with E-state index in [1.807, 2.05) is 37.3 Å². The lowest BCUT2D eigenvalue weighted by atomic mass is 10.1. The fourth-order valence-corrected chi connectivity index (χ4v) is 3.82. The summed E-state index contributed by atoms with van der Waals surface area (Å²) in [4.78, 5) is 15.2. The molecule has 0 atom stereocenters. The number of nitrogens with zero attached hydrogens (tertiary/aromatic N) is 4. The van der Waals surface area contributed by atoms with Gasteiger partial charge in [0, 0.05) is 17.5 Å². The van der Waals surface area contributed by atoms with E-state index in [1.165, 1.54) is 12.1 Å². The van der Waals surface area contributed by atoms with Crippen molar-refractivity contribution in [2.75, 3.05) is 5.32 Å². The summed E-state index contributed by atoms with van der Waals surface area (Å²) in [6.45, 7) is 3.75. The first-order valence-corrected chi connectivity index (χ1v) is 10.7. The van der Waals surface area contributed by atoms with Crippen LogP contribution in [0.5, 0.6) is 0 Å². The molecule has 0 spiro atoms. The van der Waals surface area contributed by atoms with Crippen molar-refractivity contribution in [3.63, 3.8) is 0 Å². The number of nitrogens with one attached hydrogen (secondary N) is 1. The first-order chi connectivity index (χ1) is 14.6. The van der Waals surface area contributed by atoms with E-state index in [0.29, 0.717) is 17.3 Å². The zero-order valence-corrected chi connectivity index (χ0v) is 17.4. The quantitative estimate of drug-likeness (QED) is 0.359. The third-order valence-electron chi connectivity index (χ3n) is 4.72. The summed E-state index contributed by atoms with van der Waals surface area (Å²) in [5, 5.41) is 25.1. The zero-order valence-electron chi connectivity index (χ0n) is 16.6. The minimum absolute atomic E-state index is 0.0936. The van der Waals surface area contributed by atoms with E-state index in [9.17, 15) is 18.5 Å². The number of nitro benzene ring substituents is 1. The molecule has 2 aromatic carbocycles. The molecular weight excluding hydrogens is 420 g/mol. The van der Waals surface area contributed by atoms with Crippen LogP contribution in [0.25, 0.3) is 16.7 Å². The van der Waals surface area contributed by atoms with Gasteiger partial charge in [-0.25, -0.2) is 18.5 Å². The topological polar surface area (TPSA) is 146 Å². The van der Waals surface area contributed by atoms with Gasteiger partial charge in [-0.15, -0.1) is 0 Å². The monoisotopic (exact) mass is 438 g/mol. The highest BCUT2D eigenvalue weighted by Crippen LogP contribution is 2.31. The number of hydrogen-bond donors (Lipinski definition) is 2. The fraction of sp³-hybridized carbons (Fsp3) is 0.100. The molecule has 0 aliphatic heterocycles. The lowest BCUT2D eigenvalue weighted by molar-refractivity contribution is -0.384. The highest BCUT2D eigenvalue weighted by molar-refractivity contribution is 7.89. The fourth-order valence-electron chi connectivity index (χ4n) is 3.29. The Balaban J connectivity index is 1.82. The molecule has 0 bridgehead atoms. The van der Waals surface area contributed by atoms with E-state index in [0.717, 1.165) is 22.5 Å². The number of primary sulfonamides is 1. The lowest BCUT2D eigenvalue weighted by Crippen LogP contribution is -2.13. The first-order valence-electron chi connectivity index (χ1n) is 9.15. The molecule has 4 aromatic rings. The van der Waals surface area contributed by atoms with Crippen LogP contribution in [-0.4, -0.2) is 28.1 Å². The Morgan fingerprint density at radius 2 is 1.84 bits per heavy atom. The Hall–Kier alpha value is -3.83. The molecule has 0 fully saturated rings. The number of aromatic nitrogens is 3. The van der Waals surface area contributed by atoms with Crippen LogP contribution in [-0.2, 0) is 10.0 Å². The average molecular weight is 438 g/mol. The Labute approximate surface area is 177 Å². The molecule has 11 heteroatoms. The molecule has 31 heavy (non-hydrogen) atoms. The van der Waals surface area contributed by atoms with Crippen LogP contribution in [0, 0.1) is 24.0 Å². The highest BCUT2D eigenvalue weighted by Gasteiger charge is 2.21. The molecule has 0 amide bonds. The number of anilines is 2. The number of nitro groups is 1. The number of benzene rings is 2. The van der Waals surface area contributed by atoms with Gasteiger partial charge in [-0.2, -0.15) is 9.78 Å². The summed E-state index contributed by atoms with van der Waals surface area (Å²) in [6, 6.07) is 14.7. The van der Waals surface area contributed by atoms with Crippen LogP contribution >= 0.6 is 0 Å². The summed E-state index contributed by atoms with van der Waals surface area (Å²) in [6.07, 6.45) is 0. The number of rotatable bonds is 5. The van der Waals surface area contributed by atoms with Crippen molar-refractivity contribution in [2.24, 2.45) is 5.14 Å². The molecule has 0 unspecified atom stereocenters. The summed E-state index contributed by atoms with van der Waals surface area (Å²) in [5.41, 5.74) is 2.12. The van der Waals surface area contributed by atoms with Gasteiger partial charge in [0.05, 0.1) is 21.0 Å². The van der Waals surface area contributed by atoms with E-state index in [-0.39, 0.29) is 10.6 Å². The normalized spacial score (nSPS) is 11.6. The summed E-state index contributed by atoms with van der Waals surface area (Å²) in [7, 11) is -4.08. The molecule has 0 saturated carbocycles. The van der Waals surface area contributed by atoms with Crippen molar-refractivity contribution in [3.8, 4) is 5.82 Å². The van der Waals surface area contributed by atoms with Crippen molar-refractivity contribution in [2.45, 2.75) is 18.7 Å². The van der Waals surface area contributed by atoms with Crippen LogP contribution in [0.15, 0.2) is 59.5 Å². The SMILES string of the molecule is Cc1cc(Nc2ccc(S(N)(=O)=O)cc2[N+](=O)[O-])n(-c2cc(C)c3ccccc3n2)n1. The summed E-state index contributed by atoms with van der Waals surface area (Å²) in [5.74, 6) is 0.974. The van der Waals surface area contributed by atoms with Crippen LogP contribution in [0.3, 0.4) is 0 Å². The third kappa shape index (κ3) is 3.96. The van der Waals surface area contributed by atoms with Gasteiger partial charge >= 0.3 is 0 Å². The van der Waals surface area contributed by atoms with Gasteiger partial charge < -0.3 is 5.32 Å².